The topological polar surface area (TPSA) is 63.6 Å². The van der Waals surface area contributed by atoms with E-state index in [-0.39, 0.29) is 11.9 Å². The molecule has 3 aliphatic heterocycles. The molecule has 2 saturated heterocycles. The lowest BCUT2D eigenvalue weighted by Gasteiger charge is -2.37. The Morgan fingerprint density at radius 1 is 1.09 bits per heavy atom. The van der Waals surface area contributed by atoms with Crippen LogP contribution in [0, 0.1) is 13.8 Å². The van der Waals surface area contributed by atoms with Gasteiger partial charge in [0.15, 0.2) is 5.79 Å². The van der Waals surface area contributed by atoms with E-state index in [2.05, 4.69) is 49.1 Å². The third-order valence-corrected chi connectivity index (χ3v) is 7.22. The summed E-state index contributed by atoms with van der Waals surface area (Å²) in [7, 11) is 0. The van der Waals surface area contributed by atoms with Gasteiger partial charge in [-0.15, -0.1) is 0 Å². The highest BCUT2D eigenvalue weighted by Crippen LogP contribution is 2.35. The number of hydrogen-bond donors (Lipinski definition) is 0. The molecule has 1 unspecified atom stereocenters. The highest BCUT2D eigenvalue weighted by atomic mass is 16.7. The first-order chi connectivity index (χ1) is 17.0. The smallest absolute Gasteiger partial charge is 0.257 e. The monoisotopic (exact) mass is 477 g/mol. The second-order valence-corrected chi connectivity index (χ2v) is 9.71. The minimum atomic E-state index is -0.438. The van der Waals surface area contributed by atoms with Crippen LogP contribution in [0.5, 0.6) is 5.75 Å². The summed E-state index contributed by atoms with van der Waals surface area (Å²) in [5.74, 6) is 0.417. The average Bonchev–Trinajstić information content (AvgIpc) is 3.49. The van der Waals surface area contributed by atoms with Gasteiger partial charge >= 0.3 is 0 Å². The van der Waals surface area contributed by atoms with Gasteiger partial charge in [0.25, 0.3) is 5.91 Å². The van der Waals surface area contributed by atoms with Crippen LogP contribution in [0.2, 0.25) is 0 Å². The van der Waals surface area contributed by atoms with Gasteiger partial charge in [0.05, 0.1) is 38.1 Å². The fraction of sp³-hybridized carbons (Fsp3) is 0.500. The van der Waals surface area contributed by atoms with Crippen LogP contribution in [0.1, 0.15) is 54.5 Å². The number of carbonyl (C=O) groups excluding carboxylic acids is 1. The molecule has 0 saturated carbocycles. The normalized spacial score (nSPS) is 22.0. The van der Waals surface area contributed by atoms with Crippen molar-refractivity contribution < 1.29 is 19.0 Å². The molecule has 2 aromatic carbocycles. The highest BCUT2D eigenvalue weighted by Gasteiger charge is 2.41. The predicted octanol–water partition coefficient (Wildman–Crippen LogP) is 4.22. The van der Waals surface area contributed by atoms with Crippen LogP contribution < -0.4 is 4.74 Å². The molecule has 7 heteroatoms. The number of likely N-dealkylation sites (tertiary alicyclic amines) is 1. The molecule has 0 radical (unpaired) electrons. The van der Waals surface area contributed by atoms with Gasteiger partial charge in [-0.25, -0.2) is 5.01 Å². The first kappa shape index (κ1) is 24.0. The largest absolute Gasteiger partial charge is 0.494 e. The maximum absolute atomic E-state index is 13.6. The van der Waals surface area contributed by atoms with Crippen molar-refractivity contribution in [2.45, 2.75) is 51.9 Å². The van der Waals surface area contributed by atoms with E-state index in [4.69, 9.17) is 19.3 Å². The second-order valence-electron chi connectivity index (χ2n) is 9.71. The zero-order valence-corrected chi connectivity index (χ0v) is 21.0. The summed E-state index contributed by atoms with van der Waals surface area (Å²) in [6.07, 6.45) is 2.27. The van der Waals surface area contributed by atoms with Crippen LogP contribution in [0.3, 0.4) is 0 Å². The van der Waals surface area contributed by atoms with Gasteiger partial charge in [0.1, 0.15) is 5.75 Å². The summed E-state index contributed by atoms with van der Waals surface area (Å²) in [5.41, 5.74) is 5.54. The number of carbonyl (C=O) groups is 1. The fourth-order valence-electron chi connectivity index (χ4n) is 5.35. The molecule has 7 nitrogen and oxygen atoms in total. The Morgan fingerprint density at radius 2 is 1.80 bits per heavy atom. The summed E-state index contributed by atoms with van der Waals surface area (Å²) in [6.45, 7) is 10.0. The van der Waals surface area contributed by atoms with Crippen molar-refractivity contribution in [3.8, 4) is 5.75 Å². The van der Waals surface area contributed by atoms with Gasteiger partial charge in [0, 0.05) is 37.9 Å². The van der Waals surface area contributed by atoms with Crippen LogP contribution in [0.25, 0.3) is 0 Å². The second kappa shape index (κ2) is 10.1. The van der Waals surface area contributed by atoms with E-state index >= 15 is 0 Å². The first-order valence-electron chi connectivity index (χ1n) is 12.7. The van der Waals surface area contributed by atoms with Gasteiger partial charge in [0.2, 0.25) is 0 Å². The molecule has 0 aliphatic carbocycles. The van der Waals surface area contributed by atoms with Crippen LogP contribution in [-0.2, 0) is 14.3 Å². The molecular weight excluding hydrogens is 442 g/mol. The average molecular weight is 478 g/mol. The molecule has 2 aromatic rings. The SMILES string of the molecule is CCOc1ccc(C2CC(c3ccc(C)cc3C)=NN2C(=O)CN2CCC3(CC2)OCCO3)cc1. The molecule has 1 amide bonds. The molecule has 0 N–H and O–H groups in total. The van der Waals surface area contributed by atoms with Gasteiger partial charge in [-0.05, 0) is 44.0 Å². The summed E-state index contributed by atoms with van der Waals surface area (Å²) in [6, 6.07) is 14.3. The zero-order valence-electron chi connectivity index (χ0n) is 21.0. The van der Waals surface area contributed by atoms with Gasteiger partial charge in [-0.3, -0.25) is 9.69 Å². The number of hydrogen-bond acceptors (Lipinski definition) is 6. The minimum absolute atomic E-state index is 0.0212. The van der Waals surface area contributed by atoms with Crippen molar-refractivity contribution in [3.63, 3.8) is 0 Å². The molecule has 1 spiro atoms. The van der Waals surface area contributed by atoms with Crippen molar-refractivity contribution in [1.29, 1.82) is 0 Å². The van der Waals surface area contributed by atoms with Crippen molar-refractivity contribution >= 4 is 11.6 Å². The molecule has 3 heterocycles. The van der Waals surface area contributed by atoms with Crippen molar-refractivity contribution in [2.75, 3.05) is 39.5 Å². The highest BCUT2D eigenvalue weighted by molar-refractivity contribution is 6.04. The Labute approximate surface area is 207 Å². The molecule has 0 bridgehead atoms. The lowest BCUT2D eigenvalue weighted by molar-refractivity contribution is -0.186. The molecule has 3 aliphatic rings. The summed E-state index contributed by atoms with van der Waals surface area (Å²) in [4.78, 5) is 15.8. The lowest BCUT2D eigenvalue weighted by atomic mass is 9.95. The van der Waals surface area contributed by atoms with E-state index in [1.807, 2.05) is 19.1 Å². The maximum atomic E-state index is 13.6. The number of amides is 1. The van der Waals surface area contributed by atoms with E-state index in [9.17, 15) is 4.79 Å². The number of nitrogens with zero attached hydrogens (tertiary/aromatic N) is 3. The van der Waals surface area contributed by atoms with Crippen LogP contribution >= 0.6 is 0 Å². The van der Waals surface area contributed by atoms with E-state index in [0.717, 1.165) is 48.5 Å². The number of rotatable bonds is 6. The van der Waals surface area contributed by atoms with Gasteiger partial charge in [-0.1, -0.05) is 35.9 Å². The lowest BCUT2D eigenvalue weighted by Crippen LogP contribution is -2.48. The van der Waals surface area contributed by atoms with Crippen molar-refractivity contribution in [1.82, 2.24) is 9.91 Å². The quantitative estimate of drug-likeness (QED) is 0.624. The van der Waals surface area contributed by atoms with Crippen molar-refractivity contribution in [2.24, 2.45) is 5.10 Å². The summed E-state index contributed by atoms with van der Waals surface area (Å²) < 4.78 is 17.3. The van der Waals surface area contributed by atoms with Crippen LogP contribution in [0.15, 0.2) is 47.6 Å². The first-order valence-corrected chi connectivity index (χ1v) is 12.7. The number of piperidine rings is 1. The summed E-state index contributed by atoms with van der Waals surface area (Å²) in [5, 5.41) is 6.60. The van der Waals surface area contributed by atoms with Crippen molar-refractivity contribution in [3.05, 3.63) is 64.7 Å². The predicted molar refractivity (Wildman–Crippen MR) is 135 cm³/mol. The fourth-order valence-corrected chi connectivity index (χ4v) is 5.35. The van der Waals surface area contributed by atoms with Crippen LogP contribution in [-0.4, -0.2) is 66.8 Å². The van der Waals surface area contributed by atoms with E-state index < -0.39 is 5.79 Å². The molecule has 5 rings (SSSR count). The molecule has 186 valence electrons. The zero-order chi connectivity index (χ0) is 24.4. The summed E-state index contributed by atoms with van der Waals surface area (Å²) >= 11 is 0. The molecule has 35 heavy (non-hydrogen) atoms. The van der Waals surface area contributed by atoms with E-state index in [1.54, 1.807) is 5.01 Å². The molecule has 1 atom stereocenters. The Hall–Kier alpha value is -2.74. The Morgan fingerprint density at radius 3 is 2.46 bits per heavy atom. The maximum Gasteiger partial charge on any atom is 0.257 e. The number of hydrazone groups is 1. The number of benzene rings is 2. The molecule has 2 fully saturated rings. The Kier molecular flexibility index (Phi) is 6.91. The number of aryl methyl sites for hydroxylation is 2. The van der Waals surface area contributed by atoms with Gasteiger partial charge in [-0.2, -0.15) is 5.10 Å². The van der Waals surface area contributed by atoms with Gasteiger partial charge < -0.3 is 14.2 Å². The Bertz CT molecular complexity index is 1080. The van der Waals surface area contributed by atoms with E-state index in [1.165, 1.54) is 11.1 Å². The third-order valence-electron chi connectivity index (χ3n) is 7.22. The molecule has 0 aromatic heterocycles. The minimum Gasteiger partial charge on any atom is -0.494 e. The standard InChI is InChI=1S/C28H35N3O4/c1-4-33-23-8-6-22(7-9-23)26-18-25(24-10-5-20(2)17-21(24)3)29-31(26)27(32)19-30-13-11-28(12-14-30)34-15-16-35-28/h5-10,17,26H,4,11-16,18-19H2,1-3H3. The van der Waals surface area contributed by atoms with Crippen LogP contribution in [0.4, 0.5) is 0 Å². The number of ether oxygens (including phenoxy) is 3. The third kappa shape index (κ3) is 5.13. The molecular formula is C28H35N3O4. The Balaban J connectivity index is 1.35. The van der Waals surface area contributed by atoms with E-state index in [0.29, 0.717) is 32.8 Å².